The van der Waals surface area contributed by atoms with Crippen LogP contribution in [-0.4, -0.2) is 111 Å². The zero-order valence-corrected chi connectivity index (χ0v) is 24.8. The van der Waals surface area contributed by atoms with Gasteiger partial charge in [0.15, 0.2) is 0 Å². The Morgan fingerprint density at radius 3 is 2.46 bits per heavy atom. The topological polar surface area (TPSA) is 107 Å². The minimum Gasteiger partial charge on any atom is -0.458 e. The number of aliphatic hydroxyl groups is 2. The van der Waals surface area contributed by atoms with Crippen LogP contribution in [0.2, 0.25) is 0 Å². The number of nitrogens with zero attached hydrogens (tertiary/aromatic N) is 1. The standard InChI is InChI=1S/C32H45NO8/c1-6-33-16-29(17-37-2)13-12-22(39-4)31-20-14-19-21(38-3)15-30(35,32(36,28(31)33)26(40-5)25(29)31)23(20)24(19)41-27(34)18-10-8-7-9-11-18/h7-11,19-26,28,35-36H,6,12-17H2,1-5H3/t19-,20-,21+,22?,23-,24+,25-,26+,28+,29+,30-,31+,32+/m1/s1. The van der Waals surface area contributed by atoms with Gasteiger partial charge in [0.25, 0.3) is 0 Å². The van der Waals surface area contributed by atoms with Crippen LogP contribution < -0.4 is 0 Å². The van der Waals surface area contributed by atoms with Crippen LogP contribution in [0.4, 0.5) is 0 Å². The molecule has 1 aliphatic heterocycles. The van der Waals surface area contributed by atoms with Gasteiger partial charge in [0.05, 0.1) is 36.5 Å². The molecule has 7 rings (SSSR count). The Bertz CT molecular complexity index is 1180. The molecule has 5 aliphatic carbocycles. The van der Waals surface area contributed by atoms with E-state index in [1.165, 1.54) is 0 Å². The van der Waals surface area contributed by atoms with E-state index < -0.39 is 40.7 Å². The highest BCUT2D eigenvalue weighted by molar-refractivity contribution is 5.89. The van der Waals surface area contributed by atoms with Crippen LogP contribution in [0, 0.1) is 34.5 Å². The summed E-state index contributed by atoms with van der Waals surface area (Å²) in [7, 11) is 6.84. The van der Waals surface area contributed by atoms with Crippen LogP contribution in [-0.2, 0) is 23.7 Å². The first-order valence-corrected chi connectivity index (χ1v) is 15.3. The smallest absolute Gasteiger partial charge is 0.338 e. The van der Waals surface area contributed by atoms with Crippen molar-refractivity contribution in [2.75, 3.05) is 48.1 Å². The Morgan fingerprint density at radius 1 is 1.07 bits per heavy atom. The lowest BCUT2D eigenvalue weighted by Gasteiger charge is -2.70. The lowest BCUT2D eigenvalue weighted by molar-refractivity contribution is -0.318. The van der Waals surface area contributed by atoms with Crippen molar-refractivity contribution < 1.29 is 38.7 Å². The largest absolute Gasteiger partial charge is 0.458 e. The van der Waals surface area contributed by atoms with Gasteiger partial charge in [0, 0.05) is 70.0 Å². The second-order valence-electron chi connectivity index (χ2n) is 13.7. The van der Waals surface area contributed by atoms with Crippen LogP contribution in [0.25, 0.3) is 0 Å². The lowest BCUT2D eigenvalue weighted by atomic mass is 9.42. The Morgan fingerprint density at radius 2 is 1.83 bits per heavy atom. The molecule has 7 bridgehead atoms. The van der Waals surface area contributed by atoms with Gasteiger partial charge in [-0.3, -0.25) is 4.90 Å². The van der Waals surface area contributed by atoms with Crippen molar-refractivity contribution in [2.24, 2.45) is 34.5 Å². The van der Waals surface area contributed by atoms with Gasteiger partial charge in [0.1, 0.15) is 17.3 Å². The molecule has 6 fully saturated rings. The van der Waals surface area contributed by atoms with Crippen molar-refractivity contribution in [1.82, 2.24) is 4.90 Å². The number of likely N-dealkylation sites (tertiary alicyclic amines) is 1. The molecule has 2 N–H and O–H groups in total. The predicted molar refractivity (Wildman–Crippen MR) is 148 cm³/mol. The fraction of sp³-hybridized carbons (Fsp3) is 0.781. The molecule has 0 aromatic heterocycles. The maximum Gasteiger partial charge on any atom is 0.338 e. The third kappa shape index (κ3) is 3.14. The van der Waals surface area contributed by atoms with Crippen LogP contribution in [0.15, 0.2) is 30.3 Å². The number of hydrogen-bond acceptors (Lipinski definition) is 9. The fourth-order valence-electron chi connectivity index (χ4n) is 11.9. The molecular formula is C32H45NO8. The summed E-state index contributed by atoms with van der Waals surface area (Å²) in [4.78, 5) is 15.9. The summed E-state index contributed by atoms with van der Waals surface area (Å²) in [5.74, 6) is -1.17. The van der Waals surface area contributed by atoms with Gasteiger partial charge in [-0.25, -0.2) is 4.79 Å². The van der Waals surface area contributed by atoms with Gasteiger partial charge in [-0.2, -0.15) is 0 Å². The normalized spacial score (nSPS) is 51.0. The van der Waals surface area contributed by atoms with E-state index in [0.29, 0.717) is 12.2 Å². The van der Waals surface area contributed by atoms with Gasteiger partial charge >= 0.3 is 5.97 Å². The van der Waals surface area contributed by atoms with E-state index in [2.05, 4.69) is 11.8 Å². The Hall–Kier alpha value is -1.59. The molecule has 1 saturated heterocycles. The van der Waals surface area contributed by atoms with Crippen molar-refractivity contribution in [3.05, 3.63) is 35.9 Å². The summed E-state index contributed by atoms with van der Waals surface area (Å²) in [5, 5.41) is 26.5. The molecular weight excluding hydrogens is 526 g/mol. The van der Waals surface area contributed by atoms with Gasteiger partial charge in [-0.15, -0.1) is 0 Å². The Balaban J connectivity index is 1.45. The highest BCUT2D eigenvalue weighted by Crippen LogP contribution is 2.80. The molecule has 9 nitrogen and oxygen atoms in total. The Labute approximate surface area is 242 Å². The average molecular weight is 572 g/mol. The summed E-state index contributed by atoms with van der Waals surface area (Å²) >= 11 is 0. The zero-order valence-electron chi connectivity index (χ0n) is 24.8. The number of rotatable bonds is 8. The van der Waals surface area contributed by atoms with Gasteiger partial charge in [-0.05, 0) is 43.9 Å². The lowest BCUT2D eigenvalue weighted by Crippen LogP contribution is -2.82. The van der Waals surface area contributed by atoms with E-state index in [1.807, 2.05) is 18.2 Å². The second-order valence-corrected chi connectivity index (χ2v) is 13.7. The molecule has 1 spiro atoms. The highest BCUT2D eigenvalue weighted by Gasteiger charge is 2.91. The van der Waals surface area contributed by atoms with E-state index in [-0.39, 0.29) is 47.8 Å². The maximum absolute atomic E-state index is 13.5. The van der Waals surface area contributed by atoms with E-state index in [1.54, 1.807) is 40.6 Å². The van der Waals surface area contributed by atoms with Crippen molar-refractivity contribution in [1.29, 1.82) is 0 Å². The number of hydrogen-bond donors (Lipinski definition) is 2. The molecule has 1 aromatic rings. The minimum absolute atomic E-state index is 0.0718. The third-order valence-electron chi connectivity index (χ3n) is 12.7. The molecule has 1 unspecified atom stereocenters. The van der Waals surface area contributed by atoms with Crippen molar-refractivity contribution in [3.8, 4) is 0 Å². The van der Waals surface area contributed by atoms with Crippen molar-refractivity contribution >= 4 is 5.97 Å². The quantitative estimate of drug-likeness (QED) is 0.454. The summed E-state index contributed by atoms with van der Waals surface area (Å²) in [6, 6.07) is 8.62. The van der Waals surface area contributed by atoms with E-state index in [0.717, 1.165) is 32.4 Å². The van der Waals surface area contributed by atoms with E-state index in [4.69, 9.17) is 23.7 Å². The van der Waals surface area contributed by atoms with E-state index >= 15 is 0 Å². The first kappa shape index (κ1) is 28.2. The second kappa shape index (κ2) is 9.45. The molecule has 41 heavy (non-hydrogen) atoms. The number of ether oxygens (including phenoxy) is 5. The summed E-state index contributed by atoms with van der Waals surface area (Å²) in [6.07, 6.45) is 0.923. The van der Waals surface area contributed by atoms with Gasteiger partial charge in [0.2, 0.25) is 0 Å². The number of esters is 1. The number of methoxy groups -OCH3 is 4. The molecule has 1 aromatic carbocycles. The fourth-order valence-corrected chi connectivity index (χ4v) is 11.9. The summed E-state index contributed by atoms with van der Waals surface area (Å²) < 4.78 is 31.1. The van der Waals surface area contributed by atoms with Gasteiger partial charge < -0.3 is 33.9 Å². The number of carbonyl (C=O) groups excluding carboxylic acids is 1. The first-order valence-electron chi connectivity index (χ1n) is 15.3. The predicted octanol–water partition coefficient (Wildman–Crippen LogP) is 2.14. The minimum atomic E-state index is -1.64. The number of benzene rings is 1. The first-order chi connectivity index (χ1) is 19.7. The number of likely N-dealkylation sites (N-methyl/N-ethyl adjacent to an activating group) is 1. The molecule has 226 valence electrons. The highest BCUT2D eigenvalue weighted by atomic mass is 16.6. The Kier molecular flexibility index (Phi) is 6.50. The zero-order chi connectivity index (χ0) is 28.9. The number of carbonyl (C=O) groups is 1. The summed E-state index contributed by atoms with van der Waals surface area (Å²) in [5.41, 5.74) is -3.56. The van der Waals surface area contributed by atoms with Crippen LogP contribution >= 0.6 is 0 Å². The van der Waals surface area contributed by atoms with Crippen molar-refractivity contribution in [3.63, 3.8) is 0 Å². The molecule has 0 radical (unpaired) electrons. The molecule has 13 atom stereocenters. The monoisotopic (exact) mass is 571 g/mol. The molecule has 6 aliphatic rings. The molecule has 0 amide bonds. The molecule has 1 heterocycles. The van der Waals surface area contributed by atoms with Crippen LogP contribution in [0.1, 0.15) is 43.0 Å². The molecule has 5 saturated carbocycles. The van der Waals surface area contributed by atoms with Gasteiger partial charge in [-0.1, -0.05) is 25.1 Å². The van der Waals surface area contributed by atoms with Crippen molar-refractivity contribution in [2.45, 2.75) is 74.3 Å². The number of fused-ring (bicyclic) bond motifs is 2. The molecule has 9 heteroatoms. The number of piperidine rings is 1. The maximum atomic E-state index is 13.5. The SMILES string of the molecule is CCN1C[C@]2(COC)CCC(OC)[C@@]34[C@@H]5C[C@H]6[C@H](OC(=O)c7ccccc7)[C@@H]5[C@](O)(C[C@@H]6OC)[C@](O)([C@@H](OC)[C@H]23)[C@@H]14. The van der Waals surface area contributed by atoms with Crippen LogP contribution in [0.3, 0.4) is 0 Å². The summed E-state index contributed by atoms with van der Waals surface area (Å²) in [6.45, 7) is 4.16. The van der Waals surface area contributed by atoms with Crippen LogP contribution in [0.5, 0.6) is 0 Å². The average Bonchev–Trinajstić information content (AvgIpc) is 3.37. The third-order valence-corrected chi connectivity index (χ3v) is 12.7. The van der Waals surface area contributed by atoms with E-state index in [9.17, 15) is 15.0 Å².